The van der Waals surface area contributed by atoms with E-state index in [1.807, 2.05) is 24.8 Å². The predicted molar refractivity (Wildman–Crippen MR) is 267 cm³/mol. The molecular weight excluding hydrogens is 765 g/mol. The Hall–Kier alpha value is -7.30. The molecule has 0 spiro atoms. The number of pyridine rings is 2. The monoisotopic (exact) mass is 814 g/mol. The molecule has 0 aliphatic heterocycles. The maximum atomic E-state index is 4.92. The second-order valence-corrected chi connectivity index (χ2v) is 18.3. The molecule has 4 nitrogen and oxygen atoms in total. The minimum atomic E-state index is -0.222. The molecule has 1 aliphatic rings. The number of fused-ring (bicyclic) bond motifs is 7. The lowest BCUT2D eigenvalue weighted by atomic mass is 9.81. The van der Waals surface area contributed by atoms with Crippen LogP contribution in [0.1, 0.15) is 75.6 Å². The average molecular weight is 815 g/mol. The van der Waals surface area contributed by atoms with E-state index < -0.39 is 0 Å². The summed E-state index contributed by atoms with van der Waals surface area (Å²) in [6.07, 6.45) is 8.05. The van der Waals surface area contributed by atoms with E-state index in [0.717, 1.165) is 71.8 Å². The van der Waals surface area contributed by atoms with Gasteiger partial charge in [-0.05, 0) is 81.6 Å². The van der Waals surface area contributed by atoms with E-state index in [4.69, 9.17) is 9.97 Å². The molecule has 0 saturated heterocycles. The Morgan fingerprint density at radius 1 is 0.397 bits per heavy atom. The molecule has 2 heterocycles. The molecule has 0 unspecified atom stereocenters. The van der Waals surface area contributed by atoms with Crippen LogP contribution in [-0.4, -0.2) is 9.97 Å². The molecule has 306 valence electrons. The van der Waals surface area contributed by atoms with E-state index in [1.54, 1.807) is 0 Å². The van der Waals surface area contributed by atoms with Gasteiger partial charge in [0.25, 0.3) is 0 Å². The van der Waals surface area contributed by atoms with E-state index in [-0.39, 0.29) is 5.41 Å². The van der Waals surface area contributed by atoms with Crippen molar-refractivity contribution in [2.24, 2.45) is 0 Å². The number of anilines is 6. The summed E-state index contributed by atoms with van der Waals surface area (Å²) >= 11 is 0. The largest absolute Gasteiger partial charge is 0.307 e. The highest BCUT2D eigenvalue weighted by Crippen LogP contribution is 2.57. The van der Waals surface area contributed by atoms with E-state index in [9.17, 15) is 0 Å². The van der Waals surface area contributed by atoms with Gasteiger partial charge in [0.1, 0.15) is 0 Å². The third kappa shape index (κ3) is 6.19. The molecule has 8 aromatic carbocycles. The van der Waals surface area contributed by atoms with Crippen molar-refractivity contribution >= 4 is 77.2 Å². The first-order chi connectivity index (χ1) is 30.7. The van der Waals surface area contributed by atoms with Crippen molar-refractivity contribution < 1.29 is 0 Å². The third-order valence-electron chi connectivity index (χ3n) is 13.5. The van der Waals surface area contributed by atoms with Crippen molar-refractivity contribution in [3.8, 4) is 11.1 Å². The zero-order chi connectivity index (χ0) is 43.0. The Morgan fingerprint density at radius 3 is 1.32 bits per heavy atom. The summed E-state index contributed by atoms with van der Waals surface area (Å²) in [6, 6.07) is 58.6. The highest BCUT2D eigenvalue weighted by Gasteiger charge is 2.37. The lowest BCUT2D eigenvalue weighted by Crippen LogP contribution is -2.17. The number of rotatable bonds is 8. The first-order valence-corrected chi connectivity index (χ1v) is 22.3. The smallest absolute Gasteiger partial charge is 0.0723 e. The van der Waals surface area contributed by atoms with Crippen LogP contribution in [0.4, 0.5) is 34.1 Å². The number of hydrogen-bond donors (Lipinski definition) is 0. The molecule has 2 aromatic heterocycles. The summed E-state index contributed by atoms with van der Waals surface area (Å²) in [5.74, 6) is 0.811. The molecule has 0 amide bonds. The van der Waals surface area contributed by atoms with E-state index >= 15 is 0 Å². The van der Waals surface area contributed by atoms with Crippen LogP contribution in [-0.2, 0) is 5.41 Å². The Balaban J connectivity index is 1.33. The molecule has 1 aliphatic carbocycles. The zero-order valence-corrected chi connectivity index (χ0v) is 36.8. The van der Waals surface area contributed by atoms with Crippen LogP contribution in [0.2, 0.25) is 0 Å². The van der Waals surface area contributed by atoms with Crippen LogP contribution in [0, 0.1) is 0 Å². The Bertz CT molecular complexity index is 3370. The van der Waals surface area contributed by atoms with Gasteiger partial charge in [0.15, 0.2) is 0 Å². The van der Waals surface area contributed by atoms with Gasteiger partial charge < -0.3 is 9.80 Å². The first kappa shape index (κ1) is 38.6. The molecular formula is C59H50N4. The fraction of sp³-hybridized carbons (Fsp3) is 0.153. The van der Waals surface area contributed by atoms with E-state index in [2.05, 4.69) is 209 Å². The van der Waals surface area contributed by atoms with Crippen LogP contribution in [0.3, 0.4) is 0 Å². The van der Waals surface area contributed by atoms with Gasteiger partial charge in [-0.1, -0.05) is 163 Å². The Morgan fingerprint density at radius 2 is 0.825 bits per heavy atom. The number of hydrogen-bond acceptors (Lipinski definition) is 4. The molecule has 0 bridgehead atoms. The van der Waals surface area contributed by atoms with Gasteiger partial charge in [-0.15, -0.1) is 0 Å². The normalized spacial score (nSPS) is 13.0. The zero-order valence-electron chi connectivity index (χ0n) is 36.8. The summed E-state index contributed by atoms with van der Waals surface area (Å²) in [5, 5.41) is 9.09. The van der Waals surface area contributed by atoms with Crippen molar-refractivity contribution in [2.45, 2.75) is 58.8 Å². The van der Waals surface area contributed by atoms with Gasteiger partial charge in [0.05, 0.1) is 35.1 Å². The number of nitrogens with zero attached hydrogens (tertiary/aromatic N) is 4. The van der Waals surface area contributed by atoms with Gasteiger partial charge >= 0.3 is 0 Å². The van der Waals surface area contributed by atoms with Gasteiger partial charge in [0.2, 0.25) is 0 Å². The van der Waals surface area contributed by atoms with Crippen molar-refractivity contribution in [1.82, 2.24) is 9.97 Å². The van der Waals surface area contributed by atoms with Crippen LogP contribution >= 0.6 is 0 Å². The van der Waals surface area contributed by atoms with Crippen molar-refractivity contribution in [2.75, 3.05) is 9.80 Å². The van der Waals surface area contributed by atoms with Gasteiger partial charge in [0, 0.05) is 72.3 Å². The highest BCUT2D eigenvalue weighted by molar-refractivity contribution is 6.25. The highest BCUT2D eigenvalue weighted by atomic mass is 15.2. The molecule has 0 N–H and O–H groups in total. The lowest BCUT2D eigenvalue weighted by Gasteiger charge is -2.34. The van der Waals surface area contributed by atoms with Crippen LogP contribution in [0.5, 0.6) is 0 Å². The minimum absolute atomic E-state index is 0.222. The second kappa shape index (κ2) is 15.0. The summed E-state index contributed by atoms with van der Waals surface area (Å²) < 4.78 is 0. The topological polar surface area (TPSA) is 32.3 Å². The SMILES string of the molecule is CC(C)c1ccc(N(c2cncc3ccccc23)c2c3ccccc3c(N(c3ccc(C(C)C)cc3)c3cncc4ccccc34)c3cc4c(cc23)-c2ccccc2C4(C)C)cc1. The molecule has 11 rings (SSSR count). The van der Waals surface area contributed by atoms with Crippen LogP contribution in [0.15, 0.2) is 183 Å². The molecule has 63 heavy (non-hydrogen) atoms. The summed E-state index contributed by atoms with van der Waals surface area (Å²) in [5.41, 5.74) is 14.1. The van der Waals surface area contributed by atoms with Crippen LogP contribution < -0.4 is 9.80 Å². The predicted octanol–water partition coefficient (Wildman–Crippen LogP) is 16.6. The second-order valence-electron chi connectivity index (χ2n) is 18.3. The van der Waals surface area contributed by atoms with Gasteiger partial charge in [-0.2, -0.15) is 0 Å². The molecule has 10 aromatic rings. The molecule has 0 fully saturated rings. The summed E-state index contributed by atoms with van der Waals surface area (Å²) in [7, 11) is 0. The maximum Gasteiger partial charge on any atom is 0.0723 e. The van der Waals surface area contributed by atoms with E-state index in [1.165, 1.54) is 38.8 Å². The molecule has 0 saturated carbocycles. The Kier molecular flexibility index (Phi) is 9.17. The average Bonchev–Trinajstić information content (AvgIpc) is 3.54. The van der Waals surface area contributed by atoms with Crippen molar-refractivity contribution in [3.63, 3.8) is 0 Å². The quantitative estimate of drug-likeness (QED) is 0.113. The maximum absolute atomic E-state index is 4.92. The van der Waals surface area contributed by atoms with Gasteiger partial charge in [-0.25, -0.2) is 0 Å². The molecule has 0 radical (unpaired) electrons. The minimum Gasteiger partial charge on any atom is -0.307 e. The Labute approximate surface area is 370 Å². The van der Waals surface area contributed by atoms with Crippen molar-refractivity contribution in [1.29, 1.82) is 0 Å². The van der Waals surface area contributed by atoms with E-state index in [0.29, 0.717) is 11.8 Å². The first-order valence-electron chi connectivity index (χ1n) is 22.3. The third-order valence-corrected chi connectivity index (χ3v) is 13.5. The fourth-order valence-corrected chi connectivity index (χ4v) is 10.2. The van der Waals surface area contributed by atoms with Gasteiger partial charge in [-0.3, -0.25) is 9.97 Å². The standard InChI is InChI=1S/C59H50N4/c1-37(2)39-23-27-43(28-24-39)62(55-35-60-33-41-15-7-9-17-45(41)55)57-48-20-11-12-21-49(48)58(52-32-54-50(31-51(52)57)47-19-13-14-22-53(47)59(54,5)6)63(44-29-25-40(26-30-44)38(3)4)56-36-61-34-42-16-8-10-18-46(42)56/h7-38H,1-6H3. The molecule has 4 heteroatoms. The number of aromatic nitrogens is 2. The summed E-state index contributed by atoms with van der Waals surface area (Å²) in [6.45, 7) is 13.8. The lowest BCUT2D eigenvalue weighted by molar-refractivity contribution is 0.661. The molecule has 0 atom stereocenters. The van der Waals surface area contributed by atoms with Crippen molar-refractivity contribution in [3.05, 3.63) is 205 Å². The summed E-state index contributed by atoms with van der Waals surface area (Å²) in [4.78, 5) is 14.8. The fourth-order valence-electron chi connectivity index (χ4n) is 10.2. The van der Waals surface area contributed by atoms with Crippen LogP contribution in [0.25, 0.3) is 54.2 Å². The number of benzene rings is 8.